The average molecular weight is 180 g/mol. The van der Waals surface area contributed by atoms with Gasteiger partial charge in [-0.25, -0.2) is 0 Å². The number of rotatable bonds is 2. The van der Waals surface area contributed by atoms with Crippen LogP contribution in [0.1, 0.15) is 25.7 Å². The number of hydrogen-bond donors (Lipinski definition) is 1. The first-order valence-corrected chi connectivity index (χ1v) is 5.88. The molecule has 3 rings (SSSR count). The normalized spacial score (nSPS) is 44.8. The molecule has 1 saturated carbocycles. The molecule has 74 valence electrons. The molecule has 3 fully saturated rings. The standard InChI is InChI=1S/C11H20N2/c1-2-10-6-11(10)13(5-1)8-9-3-4-12-7-9/h9-12H,1-8H2. The van der Waals surface area contributed by atoms with E-state index in [0.717, 1.165) is 17.9 Å². The van der Waals surface area contributed by atoms with E-state index in [9.17, 15) is 0 Å². The van der Waals surface area contributed by atoms with Crippen LogP contribution in [0.3, 0.4) is 0 Å². The minimum Gasteiger partial charge on any atom is -0.316 e. The van der Waals surface area contributed by atoms with Gasteiger partial charge in [-0.3, -0.25) is 4.90 Å². The van der Waals surface area contributed by atoms with E-state index >= 15 is 0 Å². The maximum atomic E-state index is 3.46. The molecule has 2 heterocycles. The van der Waals surface area contributed by atoms with E-state index in [4.69, 9.17) is 0 Å². The Kier molecular flexibility index (Phi) is 2.06. The maximum Gasteiger partial charge on any atom is 0.0127 e. The predicted molar refractivity (Wildman–Crippen MR) is 53.7 cm³/mol. The monoisotopic (exact) mass is 180 g/mol. The number of likely N-dealkylation sites (tertiary alicyclic amines) is 1. The molecule has 3 unspecified atom stereocenters. The quantitative estimate of drug-likeness (QED) is 0.684. The Bertz CT molecular complexity index is 187. The Labute approximate surface area is 80.7 Å². The van der Waals surface area contributed by atoms with Crippen LogP contribution in [0.15, 0.2) is 0 Å². The van der Waals surface area contributed by atoms with Crippen LogP contribution in [0.25, 0.3) is 0 Å². The second-order valence-corrected chi connectivity index (χ2v) is 5.06. The number of piperidine rings is 1. The van der Waals surface area contributed by atoms with Crippen LogP contribution >= 0.6 is 0 Å². The van der Waals surface area contributed by atoms with Crippen LogP contribution in [0.2, 0.25) is 0 Å². The van der Waals surface area contributed by atoms with Gasteiger partial charge in [-0.2, -0.15) is 0 Å². The van der Waals surface area contributed by atoms with Gasteiger partial charge >= 0.3 is 0 Å². The summed E-state index contributed by atoms with van der Waals surface area (Å²) < 4.78 is 0. The zero-order valence-electron chi connectivity index (χ0n) is 8.34. The van der Waals surface area contributed by atoms with Gasteiger partial charge in [0.25, 0.3) is 0 Å². The lowest BCUT2D eigenvalue weighted by Gasteiger charge is -2.28. The predicted octanol–water partition coefficient (Wildman–Crippen LogP) is 1.08. The van der Waals surface area contributed by atoms with Crippen molar-refractivity contribution in [2.45, 2.75) is 31.7 Å². The largest absolute Gasteiger partial charge is 0.316 e. The molecule has 0 bridgehead atoms. The molecule has 0 aromatic rings. The van der Waals surface area contributed by atoms with Crippen molar-refractivity contribution in [1.82, 2.24) is 10.2 Å². The Balaban J connectivity index is 1.53. The van der Waals surface area contributed by atoms with Gasteiger partial charge in [0.15, 0.2) is 0 Å². The molecule has 2 saturated heterocycles. The third-order valence-corrected chi connectivity index (χ3v) is 4.03. The smallest absolute Gasteiger partial charge is 0.0127 e. The van der Waals surface area contributed by atoms with E-state index in [2.05, 4.69) is 10.2 Å². The molecule has 0 radical (unpaired) electrons. The van der Waals surface area contributed by atoms with Gasteiger partial charge in [0, 0.05) is 12.6 Å². The molecule has 1 N–H and O–H groups in total. The first-order valence-electron chi connectivity index (χ1n) is 5.88. The molecule has 2 heteroatoms. The number of fused-ring (bicyclic) bond motifs is 1. The fraction of sp³-hybridized carbons (Fsp3) is 1.00. The van der Waals surface area contributed by atoms with Crippen molar-refractivity contribution in [3.05, 3.63) is 0 Å². The summed E-state index contributed by atoms with van der Waals surface area (Å²) in [5.41, 5.74) is 0. The number of hydrogen-bond acceptors (Lipinski definition) is 2. The van der Waals surface area contributed by atoms with Crippen molar-refractivity contribution in [1.29, 1.82) is 0 Å². The van der Waals surface area contributed by atoms with Gasteiger partial charge < -0.3 is 5.32 Å². The van der Waals surface area contributed by atoms with Crippen LogP contribution in [-0.2, 0) is 0 Å². The van der Waals surface area contributed by atoms with E-state index in [-0.39, 0.29) is 0 Å². The van der Waals surface area contributed by atoms with E-state index < -0.39 is 0 Å². The summed E-state index contributed by atoms with van der Waals surface area (Å²) in [4.78, 5) is 2.77. The molecular weight excluding hydrogens is 160 g/mol. The summed E-state index contributed by atoms with van der Waals surface area (Å²) >= 11 is 0. The molecule has 3 atom stereocenters. The highest BCUT2D eigenvalue weighted by Crippen LogP contribution is 2.43. The minimum atomic E-state index is 0.958. The Morgan fingerprint density at radius 1 is 1.31 bits per heavy atom. The summed E-state index contributed by atoms with van der Waals surface area (Å²) in [6, 6.07) is 1.01. The summed E-state index contributed by atoms with van der Waals surface area (Å²) in [6.07, 6.45) is 5.90. The SMILES string of the molecule is C1CC2CC2N(CC2CCNC2)C1. The van der Waals surface area contributed by atoms with E-state index in [1.165, 1.54) is 51.9 Å². The van der Waals surface area contributed by atoms with Crippen molar-refractivity contribution in [2.75, 3.05) is 26.2 Å². The lowest BCUT2D eigenvalue weighted by atomic mass is 10.1. The highest BCUT2D eigenvalue weighted by Gasteiger charge is 2.44. The van der Waals surface area contributed by atoms with E-state index in [1.54, 1.807) is 0 Å². The Morgan fingerprint density at radius 3 is 3.15 bits per heavy atom. The summed E-state index contributed by atoms with van der Waals surface area (Å²) in [7, 11) is 0. The van der Waals surface area contributed by atoms with Crippen molar-refractivity contribution < 1.29 is 0 Å². The molecule has 13 heavy (non-hydrogen) atoms. The van der Waals surface area contributed by atoms with E-state index in [0.29, 0.717) is 0 Å². The van der Waals surface area contributed by atoms with Gasteiger partial charge in [0.05, 0.1) is 0 Å². The molecule has 0 amide bonds. The van der Waals surface area contributed by atoms with Crippen molar-refractivity contribution in [3.63, 3.8) is 0 Å². The minimum absolute atomic E-state index is 0.958. The lowest BCUT2D eigenvalue weighted by Crippen LogP contribution is -2.36. The third kappa shape index (κ3) is 1.62. The summed E-state index contributed by atoms with van der Waals surface area (Å²) in [5.74, 6) is 2.06. The zero-order chi connectivity index (χ0) is 8.67. The van der Waals surface area contributed by atoms with Crippen molar-refractivity contribution in [2.24, 2.45) is 11.8 Å². The third-order valence-electron chi connectivity index (χ3n) is 4.03. The number of nitrogens with one attached hydrogen (secondary N) is 1. The first kappa shape index (κ1) is 8.25. The summed E-state index contributed by atoms with van der Waals surface area (Å²) in [5, 5.41) is 3.46. The highest BCUT2D eigenvalue weighted by molar-refractivity contribution is 4.98. The second-order valence-electron chi connectivity index (χ2n) is 5.06. The van der Waals surface area contributed by atoms with Gasteiger partial charge in [0.2, 0.25) is 0 Å². The molecule has 2 nitrogen and oxygen atoms in total. The summed E-state index contributed by atoms with van der Waals surface area (Å²) in [6.45, 7) is 5.30. The lowest BCUT2D eigenvalue weighted by molar-refractivity contribution is 0.188. The molecule has 0 spiro atoms. The molecule has 0 aromatic carbocycles. The van der Waals surface area contributed by atoms with Crippen LogP contribution in [0.5, 0.6) is 0 Å². The Morgan fingerprint density at radius 2 is 2.31 bits per heavy atom. The highest BCUT2D eigenvalue weighted by atomic mass is 15.2. The first-order chi connectivity index (χ1) is 6.43. The average Bonchev–Trinajstić information content (AvgIpc) is 2.77. The van der Waals surface area contributed by atoms with Gasteiger partial charge in [-0.05, 0) is 57.2 Å². The Hall–Kier alpha value is -0.0800. The van der Waals surface area contributed by atoms with Gasteiger partial charge in [-0.1, -0.05) is 0 Å². The van der Waals surface area contributed by atoms with Crippen LogP contribution < -0.4 is 5.32 Å². The fourth-order valence-electron chi connectivity index (χ4n) is 3.14. The number of nitrogens with zero attached hydrogens (tertiary/aromatic N) is 1. The molecule has 1 aliphatic carbocycles. The zero-order valence-corrected chi connectivity index (χ0v) is 8.34. The molecule has 3 aliphatic rings. The fourth-order valence-corrected chi connectivity index (χ4v) is 3.14. The topological polar surface area (TPSA) is 15.3 Å². The second kappa shape index (κ2) is 3.25. The van der Waals surface area contributed by atoms with Gasteiger partial charge in [0.1, 0.15) is 0 Å². The van der Waals surface area contributed by atoms with Crippen LogP contribution in [-0.4, -0.2) is 37.1 Å². The molecule has 0 aromatic heterocycles. The van der Waals surface area contributed by atoms with Gasteiger partial charge in [-0.15, -0.1) is 0 Å². The molecular formula is C11H20N2. The maximum absolute atomic E-state index is 3.46. The van der Waals surface area contributed by atoms with Crippen molar-refractivity contribution >= 4 is 0 Å². The van der Waals surface area contributed by atoms with Crippen LogP contribution in [0.4, 0.5) is 0 Å². The molecule has 2 aliphatic heterocycles. The van der Waals surface area contributed by atoms with Crippen LogP contribution in [0, 0.1) is 11.8 Å². The van der Waals surface area contributed by atoms with Crippen molar-refractivity contribution in [3.8, 4) is 0 Å². The van der Waals surface area contributed by atoms with E-state index in [1.807, 2.05) is 0 Å².